The van der Waals surface area contributed by atoms with Crippen molar-refractivity contribution in [3.8, 4) is 0 Å². The molecule has 0 aliphatic carbocycles. The van der Waals surface area contributed by atoms with Crippen LogP contribution in [0.5, 0.6) is 0 Å². The van der Waals surface area contributed by atoms with Crippen LogP contribution in [0.2, 0.25) is 0 Å². The van der Waals surface area contributed by atoms with E-state index in [-0.39, 0.29) is 65.0 Å². The molecule has 0 radical (unpaired) electrons. The summed E-state index contributed by atoms with van der Waals surface area (Å²) in [6.07, 6.45) is -12.2. The second-order valence-electron chi connectivity index (χ2n) is 12.8. The number of anilines is 1. The number of carboxylic acids is 1. The Morgan fingerprint density at radius 1 is 0.967 bits per heavy atom. The summed E-state index contributed by atoms with van der Waals surface area (Å²) in [5.41, 5.74) is 4.56. The van der Waals surface area contributed by atoms with Crippen LogP contribution in [0.4, 0.5) is 5.82 Å². The van der Waals surface area contributed by atoms with E-state index >= 15 is 0 Å². The van der Waals surface area contributed by atoms with Crippen molar-refractivity contribution in [1.82, 2.24) is 25.5 Å². The van der Waals surface area contributed by atoms with Gasteiger partial charge in [-0.15, -0.1) is 4.52 Å². The van der Waals surface area contributed by atoms with Gasteiger partial charge in [0.1, 0.15) is 56.3 Å². The van der Waals surface area contributed by atoms with Crippen LogP contribution in [0.1, 0.15) is 12.8 Å². The first-order chi connectivity index (χ1) is 28.9. The summed E-state index contributed by atoms with van der Waals surface area (Å²) in [5.74, 6) is -2.80. The standard InChI is InChI=1S/C31H54N7O22P/c32-22-1-4-38(30(50)36-22)17-56-21(19(42)13-39)15-58-61(51,52)60-31(29(48)49)11-18(41)26(28(59-31)27(47)20(43)14-40)37-24(45)12-35-23(44)2-5-53-7-9-55-10-8-54-6-3-34-25(46)16-57-33/h1,4,18-21,26-28,39-43,47,51-52H,2-3,5-17,33H2,(H5-,32,34,35,36,37,44,45,46,48,49,50)/p+1/t18?,19?,20-,21-,26-,27-,28?,31-/m1/s1. The molecule has 350 valence electrons. The van der Waals surface area contributed by atoms with Gasteiger partial charge in [0, 0.05) is 25.6 Å². The van der Waals surface area contributed by atoms with Crippen molar-refractivity contribution in [2.24, 2.45) is 5.90 Å². The highest BCUT2D eigenvalue weighted by Gasteiger charge is 2.63. The van der Waals surface area contributed by atoms with Crippen LogP contribution in [0.25, 0.3) is 0 Å². The number of rotatable bonds is 31. The fourth-order valence-electron chi connectivity index (χ4n) is 5.08. The Hall–Kier alpha value is -3.69. The summed E-state index contributed by atoms with van der Waals surface area (Å²) in [4.78, 5) is 89.8. The van der Waals surface area contributed by atoms with Crippen LogP contribution in [0, 0.1) is 0 Å². The molecule has 61 heavy (non-hydrogen) atoms. The molecule has 2 rings (SSSR count). The number of carboxylic acid groups (broad SMARTS) is 1. The first kappa shape index (κ1) is 53.4. The van der Waals surface area contributed by atoms with Crippen LogP contribution < -0.4 is 33.3 Å². The highest BCUT2D eigenvalue weighted by Crippen LogP contribution is 2.57. The van der Waals surface area contributed by atoms with Gasteiger partial charge in [0.15, 0.2) is 0 Å². The van der Waals surface area contributed by atoms with Gasteiger partial charge in [-0.1, -0.05) is 0 Å². The number of hydrogen-bond acceptors (Lipinski definition) is 24. The minimum absolute atomic E-state index is 0.0682. The molecule has 0 spiro atoms. The number of nitrogens with zero attached hydrogens (tertiary/aromatic N) is 2. The van der Waals surface area contributed by atoms with Crippen molar-refractivity contribution in [2.75, 3.05) is 84.9 Å². The lowest BCUT2D eigenvalue weighted by molar-refractivity contribution is -0.291. The monoisotopic (exact) mass is 908 g/mol. The summed E-state index contributed by atoms with van der Waals surface area (Å²) in [6, 6.07) is -0.541. The van der Waals surface area contributed by atoms with Gasteiger partial charge in [0.05, 0.1) is 71.5 Å². The third-order valence-corrected chi connectivity index (χ3v) is 9.22. The molecule has 16 N–H and O–H groups in total. The van der Waals surface area contributed by atoms with E-state index in [1.54, 1.807) is 0 Å². The maximum Gasteiger partial charge on any atom is 0.573 e. The highest BCUT2D eigenvalue weighted by molar-refractivity contribution is 7.54. The van der Waals surface area contributed by atoms with Crippen molar-refractivity contribution < 1.29 is 102 Å². The maximum atomic E-state index is 12.8. The van der Waals surface area contributed by atoms with Gasteiger partial charge in [0.25, 0.3) is 0 Å². The molecule has 1 aromatic heterocycles. The topological polar surface area (TPSA) is 447 Å². The van der Waals surface area contributed by atoms with E-state index in [1.165, 1.54) is 12.3 Å². The Labute approximate surface area is 347 Å². The summed E-state index contributed by atoms with van der Waals surface area (Å²) in [6.45, 7) is -3.58. The van der Waals surface area contributed by atoms with Crippen LogP contribution in [0.3, 0.4) is 0 Å². The minimum atomic E-state index is -5.41. The quantitative estimate of drug-likeness (QED) is 0.0187. The summed E-state index contributed by atoms with van der Waals surface area (Å²) < 4.78 is 37.4. The number of aromatic nitrogens is 2. The van der Waals surface area contributed by atoms with Crippen molar-refractivity contribution in [1.29, 1.82) is 0 Å². The average molecular weight is 909 g/mol. The zero-order chi connectivity index (χ0) is 45.6. The molecule has 3 unspecified atom stereocenters. The van der Waals surface area contributed by atoms with Crippen molar-refractivity contribution in [2.45, 2.75) is 68.0 Å². The predicted octanol–water partition coefficient (Wildman–Crippen LogP) is -8.09. The lowest BCUT2D eigenvalue weighted by Gasteiger charge is -2.45. The van der Waals surface area contributed by atoms with Gasteiger partial charge in [0.2, 0.25) is 17.7 Å². The first-order valence-electron chi connectivity index (χ1n) is 18.3. The molecular formula is C31H55N7O22P+. The molecule has 0 bridgehead atoms. The molecule has 1 aliphatic heterocycles. The molecule has 2 heterocycles. The second kappa shape index (κ2) is 27.4. The molecule has 0 saturated carbocycles. The predicted molar refractivity (Wildman–Crippen MR) is 199 cm³/mol. The number of hydrogen-bond donors (Lipinski definition) is 14. The molecule has 1 aliphatic rings. The molecule has 1 aromatic rings. The molecule has 1 fully saturated rings. The largest absolute Gasteiger partial charge is 0.573 e. The van der Waals surface area contributed by atoms with Crippen molar-refractivity contribution >= 4 is 37.7 Å². The van der Waals surface area contributed by atoms with Crippen LogP contribution in [-0.2, 0) is 63.5 Å². The number of nitrogens with two attached hydrogens (primary N) is 2. The van der Waals surface area contributed by atoms with Crippen molar-refractivity contribution in [3.05, 3.63) is 22.7 Å². The number of nitrogens with one attached hydrogen (secondary N) is 3. The van der Waals surface area contributed by atoms with E-state index in [9.17, 15) is 69.5 Å². The zero-order valence-electron chi connectivity index (χ0n) is 32.6. The Morgan fingerprint density at radius 3 is 2.21 bits per heavy atom. The summed E-state index contributed by atoms with van der Waals surface area (Å²) >= 11 is 0. The smallest absolute Gasteiger partial charge is 0.477 e. The van der Waals surface area contributed by atoms with E-state index in [2.05, 4.69) is 25.8 Å². The number of nitrogen functional groups attached to an aromatic ring is 1. The summed E-state index contributed by atoms with van der Waals surface area (Å²) in [5, 5.41) is 78.2. The van der Waals surface area contributed by atoms with Crippen LogP contribution in [0.15, 0.2) is 17.1 Å². The van der Waals surface area contributed by atoms with E-state index in [0.717, 1.165) is 4.57 Å². The number of ether oxygens (including phenoxy) is 5. The van der Waals surface area contributed by atoms with Crippen molar-refractivity contribution in [3.63, 3.8) is 0 Å². The van der Waals surface area contributed by atoms with Gasteiger partial charge >= 0.3 is 25.6 Å². The Morgan fingerprint density at radius 2 is 1.61 bits per heavy atom. The van der Waals surface area contributed by atoms with Gasteiger partial charge < -0.3 is 81.1 Å². The van der Waals surface area contributed by atoms with Gasteiger partial charge in [-0.2, -0.15) is 19.3 Å². The second-order valence-corrected chi connectivity index (χ2v) is 14.3. The van der Waals surface area contributed by atoms with E-state index in [4.69, 9.17) is 44.4 Å². The van der Waals surface area contributed by atoms with E-state index in [1.807, 2.05) is 0 Å². The van der Waals surface area contributed by atoms with Gasteiger partial charge in [-0.05, 0) is 6.07 Å². The lowest BCUT2D eigenvalue weighted by atomic mass is 9.88. The molecule has 29 nitrogen and oxygen atoms in total. The van der Waals surface area contributed by atoms with Gasteiger partial charge in [-0.25, -0.2) is 15.5 Å². The third kappa shape index (κ3) is 19.1. The fourth-order valence-corrected chi connectivity index (χ4v) is 6.05. The number of carbonyl (C=O) groups is 4. The van der Waals surface area contributed by atoms with Gasteiger partial charge in [-0.3, -0.25) is 23.8 Å². The Kier molecular flexibility index (Phi) is 24.0. The minimum Gasteiger partial charge on any atom is -0.477 e. The molecular weight excluding hydrogens is 853 g/mol. The van der Waals surface area contributed by atoms with Crippen LogP contribution >= 0.6 is 8.17 Å². The first-order valence-corrected chi connectivity index (χ1v) is 19.8. The fraction of sp³-hybridized carbons (Fsp3) is 0.742. The molecule has 1 saturated heterocycles. The summed E-state index contributed by atoms with van der Waals surface area (Å²) in [7, 11) is -5.41. The number of aliphatic hydroxyl groups excluding tert-OH is 6. The molecule has 0 aromatic carbocycles. The number of amides is 3. The molecule has 30 heteroatoms. The third-order valence-electron chi connectivity index (χ3n) is 8.20. The lowest BCUT2D eigenvalue weighted by Crippen LogP contribution is -2.68. The van der Waals surface area contributed by atoms with E-state index in [0.29, 0.717) is 0 Å². The zero-order valence-corrected chi connectivity index (χ0v) is 33.5. The number of aliphatic carboxylic acids is 1. The SMILES string of the molecule is NOCC(=O)NCCOCCOCCOCCC(=O)NCC(=O)N[C@@H]1C(O)C[C@@](O[P+](O)(O)OC[C@@H](OCn2ccc(N)nc2=O)C(O)CO)(C(=O)O)OC1[C@H](O)[C@H](O)CO. The molecule has 8 atom stereocenters. The number of aliphatic hydroxyl groups is 6. The average Bonchev–Trinajstić information content (AvgIpc) is 3.20. The Balaban J connectivity index is 1.93. The van der Waals surface area contributed by atoms with Crippen LogP contribution in [-0.4, -0.2) is 206 Å². The maximum absolute atomic E-state index is 12.8. The highest BCUT2D eigenvalue weighted by atomic mass is 31.2. The molecule has 3 amide bonds. The number of carbonyl (C=O) groups excluding carboxylic acids is 3. The van der Waals surface area contributed by atoms with E-state index < -0.39 is 126 Å². The Bertz CT molecular complexity index is 1570. The normalized spacial score (nSPS) is 21.2.